The molecule has 1 amide bonds. The van der Waals surface area contributed by atoms with Gasteiger partial charge in [-0.3, -0.25) is 4.79 Å². The molecule has 0 aliphatic carbocycles. The van der Waals surface area contributed by atoms with E-state index in [-0.39, 0.29) is 11.9 Å². The molecule has 0 fully saturated rings. The molecule has 0 saturated heterocycles. The van der Waals surface area contributed by atoms with Gasteiger partial charge in [-0.15, -0.1) is 11.6 Å². The predicted octanol–water partition coefficient (Wildman–Crippen LogP) is 3.10. The summed E-state index contributed by atoms with van der Waals surface area (Å²) in [4.78, 5) is 14.1. The Hall–Kier alpha value is -1.22. The average Bonchev–Trinajstić information content (AvgIpc) is 2.39. The Labute approximate surface area is 120 Å². The van der Waals surface area contributed by atoms with Crippen molar-refractivity contribution in [1.29, 1.82) is 0 Å². The van der Waals surface area contributed by atoms with E-state index in [4.69, 9.17) is 16.3 Å². The van der Waals surface area contributed by atoms with Crippen LogP contribution in [0, 0.1) is 0 Å². The number of nitrogens with zero attached hydrogens (tertiary/aromatic N) is 1. The molecule has 0 aromatic heterocycles. The summed E-state index contributed by atoms with van der Waals surface area (Å²) < 4.78 is 5.10. The Morgan fingerprint density at radius 1 is 1.32 bits per heavy atom. The fourth-order valence-corrected chi connectivity index (χ4v) is 2.04. The highest BCUT2D eigenvalue weighted by Crippen LogP contribution is 2.13. The fourth-order valence-electron chi connectivity index (χ4n) is 1.92. The topological polar surface area (TPSA) is 29.5 Å². The van der Waals surface area contributed by atoms with Gasteiger partial charge in [0.2, 0.25) is 5.91 Å². The van der Waals surface area contributed by atoms with E-state index >= 15 is 0 Å². The average molecular weight is 284 g/mol. The molecule has 0 N–H and O–H groups in total. The van der Waals surface area contributed by atoms with Crippen molar-refractivity contribution in [2.24, 2.45) is 0 Å². The molecule has 0 atom stereocenters. The van der Waals surface area contributed by atoms with Crippen molar-refractivity contribution in [3.05, 3.63) is 29.8 Å². The minimum atomic E-state index is 0.144. The van der Waals surface area contributed by atoms with E-state index in [1.807, 2.05) is 43.0 Å². The maximum absolute atomic E-state index is 12.3. The number of alkyl halides is 1. The summed E-state index contributed by atoms with van der Waals surface area (Å²) in [6.45, 7) is 4.77. The van der Waals surface area contributed by atoms with E-state index in [0.717, 1.165) is 24.3 Å². The van der Waals surface area contributed by atoms with Gasteiger partial charge in [0.1, 0.15) is 5.75 Å². The SMILES string of the molecule is COc1ccc(CC(=O)N(CCCCl)C(C)C)cc1. The van der Waals surface area contributed by atoms with Crippen LogP contribution in [-0.4, -0.2) is 36.4 Å². The number of ether oxygens (including phenoxy) is 1. The molecule has 3 nitrogen and oxygen atoms in total. The van der Waals surface area contributed by atoms with Crippen LogP contribution in [0.3, 0.4) is 0 Å². The first-order valence-electron chi connectivity index (χ1n) is 6.56. The first-order chi connectivity index (χ1) is 9.08. The van der Waals surface area contributed by atoms with E-state index in [0.29, 0.717) is 12.3 Å². The third kappa shape index (κ3) is 5.11. The van der Waals surface area contributed by atoms with E-state index < -0.39 is 0 Å². The third-order valence-electron chi connectivity index (χ3n) is 2.99. The van der Waals surface area contributed by atoms with Gasteiger partial charge < -0.3 is 9.64 Å². The van der Waals surface area contributed by atoms with Gasteiger partial charge in [0.25, 0.3) is 0 Å². The molecular weight excluding hydrogens is 262 g/mol. The van der Waals surface area contributed by atoms with Crippen LogP contribution in [0.1, 0.15) is 25.8 Å². The van der Waals surface area contributed by atoms with Crippen molar-refractivity contribution in [1.82, 2.24) is 4.90 Å². The molecule has 0 aliphatic rings. The molecule has 0 saturated carbocycles. The van der Waals surface area contributed by atoms with Crippen LogP contribution in [-0.2, 0) is 11.2 Å². The Morgan fingerprint density at radius 3 is 2.42 bits per heavy atom. The summed E-state index contributed by atoms with van der Waals surface area (Å²) >= 11 is 5.70. The highest BCUT2D eigenvalue weighted by Gasteiger charge is 2.16. The zero-order valence-corrected chi connectivity index (χ0v) is 12.6. The van der Waals surface area contributed by atoms with Crippen LogP contribution in [0.25, 0.3) is 0 Å². The monoisotopic (exact) mass is 283 g/mol. The quantitative estimate of drug-likeness (QED) is 0.720. The molecule has 19 heavy (non-hydrogen) atoms. The van der Waals surface area contributed by atoms with E-state index in [1.165, 1.54) is 0 Å². The maximum Gasteiger partial charge on any atom is 0.227 e. The zero-order chi connectivity index (χ0) is 14.3. The van der Waals surface area contributed by atoms with Crippen molar-refractivity contribution in [3.8, 4) is 5.75 Å². The Bertz CT molecular complexity index is 390. The van der Waals surface area contributed by atoms with Gasteiger partial charge in [0.05, 0.1) is 13.5 Å². The van der Waals surface area contributed by atoms with Crippen molar-refractivity contribution < 1.29 is 9.53 Å². The minimum Gasteiger partial charge on any atom is -0.497 e. The number of methoxy groups -OCH3 is 1. The second-order valence-corrected chi connectivity index (χ2v) is 5.13. The number of hydrogen-bond donors (Lipinski definition) is 0. The van der Waals surface area contributed by atoms with Gasteiger partial charge >= 0.3 is 0 Å². The van der Waals surface area contributed by atoms with Gasteiger partial charge in [-0.25, -0.2) is 0 Å². The second-order valence-electron chi connectivity index (χ2n) is 4.75. The summed E-state index contributed by atoms with van der Waals surface area (Å²) in [5, 5.41) is 0. The van der Waals surface area contributed by atoms with E-state index in [2.05, 4.69) is 0 Å². The number of rotatable bonds is 7. The van der Waals surface area contributed by atoms with Crippen LogP contribution in [0.15, 0.2) is 24.3 Å². The smallest absolute Gasteiger partial charge is 0.227 e. The number of carbonyl (C=O) groups is 1. The molecule has 0 bridgehead atoms. The largest absolute Gasteiger partial charge is 0.497 e. The molecule has 0 radical (unpaired) electrons. The lowest BCUT2D eigenvalue weighted by molar-refractivity contribution is -0.132. The van der Waals surface area contributed by atoms with Gasteiger partial charge in [-0.2, -0.15) is 0 Å². The van der Waals surface area contributed by atoms with Crippen molar-refractivity contribution in [2.75, 3.05) is 19.5 Å². The first-order valence-corrected chi connectivity index (χ1v) is 7.10. The van der Waals surface area contributed by atoms with Gasteiger partial charge in [0.15, 0.2) is 0 Å². The van der Waals surface area contributed by atoms with E-state index in [1.54, 1.807) is 7.11 Å². The Balaban J connectivity index is 2.64. The van der Waals surface area contributed by atoms with Crippen molar-refractivity contribution >= 4 is 17.5 Å². The molecule has 106 valence electrons. The lowest BCUT2D eigenvalue weighted by Gasteiger charge is -2.26. The summed E-state index contributed by atoms with van der Waals surface area (Å²) in [6, 6.07) is 7.81. The fraction of sp³-hybridized carbons (Fsp3) is 0.533. The lowest BCUT2D eigenvalue weighted by atomic mass is 10.1. The first kappa shape index (κ1) is 15.8. The molecule has 0 spiro atoms. The molecule has 0 heterocycles. The number of hydrogen-bond acceptors (Lipinski definition) is 2. The second kappa shape index (κ2) is 8.05. The van der Waals surface area contributed by atoms with Crippen LogP contribution < -0.4 is 4.74 Å². The number of benzene rings is 1. The van der Waals surface area contributed by atoms with Gasteiger partial charge in [-0.1, -0.05) is 12.1 Å². The van der Waals surface area contributed by atoms with Crippen molar-refractivity contribution in [3.63, 3.8) is 0 Å². The summed E-state index contributed by atoms with van der Waals surface area (Å²) in [6.07, 6.45) is 1.25. The molecular formula is C15H22ClNO2. The predicted molar refractivity (Wildman–Crippen MR) is 78.9 cm³/mol. The maximum atomic E-state index is 12.3. The van der Waals surface area contributed by atoms with Gasteiger partial charge in [0, 0.05) is 18.5 Å². The molecule has 0 unspecified atom stereocenters. The van der Waals surface area contributed by atoms with Crippen LogP contribution >= 0.6 is 11.6 Å². The molecule has 1 aromatic carbocycles. The molecule has 0 aliphatic heterocycles. The molecule has 1 aromatic rings. The number of halogens is 1. The zero-order valence-electron chi connectivity index (χ0n) is 11.9. The highest BCUT2D eigenvalue weighted by molar-refractivity contribution is 6.17. The normalized spacial score (nSPS) is 10.6. The Kier molecular flexibility index (Phi) is 6.71. The summed E-state index contributed by atoms with van der Waals surface area (Å²) in [5.74, 6) is 1.53. The number of amides is 1. The molecule has 1 rings (SSSR count). The van der Waals surface area contributed by atoms with E-state index in [9.17, 15) is 4.79 Å². The van der Waals surface area contributed by atoms with Crippen LogP contribution in [0.2, 0.25) is 0 Å². The van der Waals surface area contributed by atoms with Gasteiger partial charge in [-0.05, 0) is 38.0 Å². The summed E-state index contributed by atoms with van der Waals surface area (Å²) in [5.41, 5.74) is 1.00. The summed E-state index contributed by atoms with van der Waals surface area (Å²) in [7, 11) is 1.63. The highest BCUT2D eigenvalue weighted by atomic mass is 35.5. The standard InChI is InChI=1S/C15H22ClNO2/c1-12(2)17(10-4-9-16)15(18)11-13-5-7-14(19-3)8-6-13/h5-8,12H,4,9-11H2,1-3H3. The Morgan fingerprint density at radius 2 is 1.95 bits per heavy atom. The lowest BCUT2D eigenvalue weighted by Crippen LogP contribution is -2.38. The van der Waals surface area contributed by atoms with Crippen LogP contribution in [0.4, 0.5) is 0 Å². The third-order valence-corrected chi connectivity index (χ3v) is 3.26. The van der Waals surface area contributed by atoms with Crippen molar-refractivity contribution in [2.45, 2.75) is 32.7 Å². The van der Waals surface area contributed by atoms with Crippen LogP contribution in [0.5, 0.6) is 5.75 Å². The molecule has 4 heteroatoms. The number of carbonyl (C=O) groups excluding carboxylic acids is 1. The minimum absolute atomic E-state index is 0.144.